The largest absolute Gasteiger partial charge is 0.375 e. The third-order valence-electron chi connectivity index (χ3n) is 4.01. The molecule has 3 atom stereocenters. The van der Waals surface area contributed by atoms with E-state index in [0.717, 1.165) is 19.0 Å². The second-order valence-corrected chi connectivity index (χ2v) is 5.34. The third-order valence-corrected chi connectivity index (χ3v) is 4.01. The van der Waals surface area contributed by atoms with E-state index in [9.17, 15) is 0 Å². The highest BCUT2D eigenvalue weighted by atomic mass is 16.5. The number of nitrogens with one attached hydrogen (secondary N) is 1. The van der Waals surface area contributed by atoms with E-state index in [1.54, 1.807) is 0 Å². The van der Waals surface area contributed by atoms with Crippen LogP contribution in [0.15, 0.2) is 36.4 Å². The Labute approximate surface area is 109 Å². The minimum Gasteiger partial charge on any atom is -0.375 e. The molecule has 2 nitrogen and oxygen atoms in total. The average Bonchev–Trinajstić information content (AvgIpc) is 3.02. The van der Waals surface area contributed by atoms with Crippen LogP contribution in [0.5, 0.6) is 0 Å². The van der Waals surface area contributed by atoms with Gasteiger partial charge in [0.25, 0.3) is 0 Å². The highest BCUT2D eigenvalue weighted by Crippen LogP contribution is 2.38. The molecule has 1 N–H and O–H groups in total. The number of hydrogen-bond acceptors (Lipinski definition) is 2. The topological polar surface area (TPSA) is 21.3 Å². The summed E-state index contributed by atoms with van der Waals surface area (Å²) in [5, 5.41) is 3.52. The van der Waals surface area contributed by atoms with Gasteiger partial charge in [-0.05, 0) is 24.8 Å². The molecule has 2 aliphatic rings. The van der Waals surface area contributed by atoms with E-state index in [-0.39, 0.29) is 0 Å². The Morgan fingerprint density at radius 1 is 1.22 bits per heavy atom. The third kappa shape index (κ3) is 2.82. The molecule has 2 bridgehead atoms. The van der Waals surface area contributed by atoms with Gasteiger partial charge in [-0.1, -0.05) is 42.5 Å². The van der Waals surface area contributed by atoms with Gasteiger partial charge in [-0.15, -0.1) is 0 Å². The molecule has 2 saturated heterocycles. The van der Waals surface area contributed by atoms with Gasteiger partial charge >= 0.3 is 0 Å². The van der Waals surface area contributed by atoms with Gasteiger partial charge in [-0.2, -0.15) is 0 Å². The van der Waals surface area contributed by atoms with E-state index in [2.05, 4.69) is 41.7 Å². The van der Waals surface area contributed by atoms with Gasteiger partial charge in [0.2, 0.25) is 0 Å². The van der Waals surface area contributed by atoms with Crippen molar-refractivity contribution in [1.29, 1.82) is 0 Å². The summed E-state index contributed by atoms with van der Waals surface area (Å²) < 4.78 is 5.85. The standard InChI is InChI=1S/C16H21NO/c1-2-5-13(6-3-1)7-4-10-17-12-14-11-15-8-9-16(14)18-15/h1-7,14-17H,8-12H2/b7-4+. The Bertz CT molecular complexity index is 401. The highest BCUT2D eigenvalue weighted by molar-refractivity contribution is 5.48. The molecule has 0 saturated carbocycles. The first-order chi connectivity index (χ1) is 8.92. The zero-order chi connectivity index (χ0) is 12.2. The summed E-state index contributed by atoms with van der Waals surface area (Å²) in [4.78, 5) is 0. The second kappa shape index (κ2) is 5.68. The first kappa shape index (κ1) is 11.9. The summed E-state index contributed by atoms with van der Waals surface area (Å²) in [6, 6.07) is 10.4. The summed E-state index contributed by atoms with van der Waals surface area (Å²) in [5.41, 5.74) is 1.27. The normalized spacial score (nSPS) is 30.3. The first-order valence-electron chi connectivity index (χ1n) is 6.99. The van der Waals surface area contributed by atoms with Crippen molar-refractivity contribution in [2.45, 2.75) is 31.5 Å². The molecule has 0 spiro atoms. The number of hydrogen-bond donors (Lipinski definition) is 1. The fraction of sp³-hybridized carbons (Fsp3) is 0.500. The number of fused-ring (bicyclic) bond motifs is 2. The summed E-state index contributed by atoms with van der Waals surface area (Å²) in [5.74, 6) is 0.744. The maximum absolute atomic E-state index is 5.85. The Kier molecular flexibility index (Phi) is 3.77. The lowest BCUT2D eigenvalue weighted by Crippen LogP contribution is -2.29. The van der Waals surface area contributed by atoms with Crippen molar-refractivity contribution in [3.63, 3.8) is 0 Å². The molecular weight excluding hydrogens is 222 g/mol. The quantitative estimate of drug-likeness (QED) is 0.803. The van der Waals surface area contributed by atoms with Crippen molar-refractivity contribution in [3.05, 3.63) is 42.0 Å². The van der Waals surface area contributed by atoms with Crippen LogP contribution in [-0.4, -0.2) is 25.3 Å². The molecule has 0 radical (unpaired) electrons. The molecule has 0 aliphatic carbocycles. The molecule has 2 aliphatic heterocycles. The van der Waals surface area contributed by atoms with Crippen molar-refractivity contribution < 1.29 is 4.74 Å². The first-order valence-corrected chi connectivity index (χ1v) is 6.99. The SMILES string of the molecule is C(=C\c1ccccc1)/CNCC1CC2CCC1O2. The molecule has 2 heterocycles. The average molecular weight is 243 g/mol. The van der Waals surface area contributed by atoms with Crippen molar-refractivity contribution in [2.24, 2.45) is 5.92 Å². The molecule has 0 aromatic heterocycles. The Morgan fingerprint density at radius 3 is 2.83 bits per heavy atom. The van der Waals surface area contributed by atoms with E-state index >= 15 is 0 Å². The fourth-order valence-corrected chi connectivity index (χ4v) is 3.07. The summed E-state index contributed by atoms with van der Waals surface area (Å²) in [6.45, 7) is 2.04. The molecule has 2 fully saturated rings. The maximum Gasteiger partial charge on any atom is 0.0621 e. The van der Waals surface area contributed by atoms with Crippen LogP contribution < -0.4 is 5.32 Å². The lowest BCUT2D eigenvalue weighted by molar-refractivity contribution is 0.0926. The number of ether oxygens (including phenoxy) is 1. The zero-order valence-corrected chi connectivity index (χ0v) is 10.7. The van der Waals surface area contributed by atoms with Crippen LogP contribution in [0.4, 0.5) is 0 Å². The maximum atomic E-state index is 5.85. The van der Waals surface area contributed by atoms with Gasteiger partial charge in [0, 0.05) is 19.0 Å². The number of benzene rings is 1. The van der Waals surface area contributed by atoms with Crippen molar-refractivity contribution in [3.8, 4) is 0 Å². The van der Waals surface area contributed by atoms with Gasteiger partial charge in [-0.25, -0.2) is 0 Å². The van der Waals surface area contributed by atoms with Crippen LogP contribution in [0.1, 0.15) is 24.8 Å². The second-order valence-electron chi connectivity index (χ2n) is 5.34. The van der Waals surface area contributed by atoms with E-state index in [1.165, 1.54) is 24.8 Å². The lowest BCUT2D eigenvalue weighted by atomic mass is 9.89. The van der Waals surface area contributed by atoms with Gasteiger partial charge < -0.3 is 10.1 Å². The Morgan fingerprint density at radius 2 is 2.11 bits per heavy atom. The number of rotatable bonds is 5. The predicted octanol–water partition coefficient (Wildman–Crippen LogP) is 2.86. The van der Waals surface area contributed by atoms with Gasteiger partial charge in [-0.3, -0.25) is 0 Å². The van der Waals surface area contributed by atoms with Crippen molar-refractivity contribution >= 4 is 6.08 Å². The van der Waals surface area contributed by atoms with E-state index in [1.807, 2.05) is 6.07 Å². The van der Waals surface area contributed by atoms with E-state index in [4.69, 9.17) is 4.74 Å². The minimum atomic E-state index is 0.542. The van der Waals surface area contributed by atoms with Gasteiger partial charge in [0.05, 0.1) is 12.2 Å². The monoisotopic (exact) mass is 243 g/mol. The summed E-state index contributed by atoms with van der Waals surface area (Å²) >= 11 is 0. The molecule has 96 valence electrons. The molecule has 18 heavy (non-hydrogen) atoms. The van der Waals surface area contributed by atoms with Crippen molar-refractivity contribution in [1.82, 2.24) is 5.32 Å². The molecule has 3 rings (SSSR count). The van der Waals surface area contributed by atoms with Gasteiger partial charge in [0.1, 0.15) is 0 Å². The minimum absolute atomic E-state index is 0.542. The van der Waals surface area contributed by atoms with Gasteiger partial charge in [0.15, 0.2) is 0 Å². The van der Waals surface area contributed by atoms with Crippen LogP contribution in [0.3, 0.4) is 0 Å². The van der Waals surface area contributed by atoms with Crippen LogP contribution in [0.25, 0.3) is 6.08 Å². The molecule has 1 aromatic carbocycles. The summed E-state index contributed by atoms with van der Waals surface area (Å²) in [6.07, 6.45) is 9.31. The van der Waals surface area contributed by atoms with Crippen LogP contribution in [-0.2, 0) is 4.74 Å². The van der Waals surface area contributed by atoms with E-state index < -0.39 is 0 Å². The zero-order valence-electron chi connectivity index (χ0n) is 10.7. The van der Waals surface area contributed by atoms with Crippen LogP contribution in [0, 0.1) is 5.92 Å². The van der Waals surface area contributed by atoms with E-state index in [0.29, 0.717) is 12.2 Å². The molecule has 0 amide bonds. The molecule has 3 unspecified atom stereocenters. The smallest absolute Gasteiger partial charge is 0.0621 e. The lowest BCUT2D eigenvalue weighted by Gasteiger charge is -2.18. The predicted molar refractivity (Wildman–Crippen MR) is 74.3 cm³/mol. The molecule has 2 heteroatoms. The van der Waals surface area contributed by atoms with Crippen LogP contribution in [0.2, 0.25) is 0 Å². The molecular formula is C16H21NO. The Balaban J connectivity index is 1.37. The van der Waals surface area contributed by atoms with Crippen LogP contribution >= 0.6 is 0 Å². The summed E-state index contributed by atoms with van der Waals surface area (Å²) in [7, 11) is 0. The Hall–Kier alpha value is -1.12. The molecule has 1 aromatic rings. The van der Waals surface area contributed by atoms with Crippen molar-refractivity contribution in [2.75, 3.05) is 13.1 Å². The fourth-order valence-electron chi connectivity index (χ4n) is 3.07. The highest BCUT2D eigenvalue weighted by Gasteiger charge is 2.39.